The number of halogens is 1. The molecule has 1 rings (SSSR count). The number of Topliss-reactive ketones (excluding diaryl/α,β-unsaturated/α-hetero) is 1. The zero-order chi connectivity index (χ0) is 13.5. The quantitative estimate of drug-likeness (QED) is 0.479. The predicted octanol–water partition coefficient (Wildman–Crippen LogP) is 2.42. The second-order valence-corrected chi connectivity index (χ2v) is 3.53. The molecule has 1 atom stereocenters. The molecular formula is C12H13FN2O3. The van der Waals surface area contributed by atoms with Crippen molar-refractivity contribution in [2.24, 2.45) is 5.11 Å². The van der Waals surface area contributed by atoms with E-state index in [2.05, 4.69) is 9.85 Å². The third-order valence-electron chi connectivity index (χ3n) is 2.24. The van der Waals surface area contributed by atoms with Gasteiger partial charge in [0.1, 0.15) is 12.2 Å². The first kappa shape index (κ1) is 14.0. The van der Waals surface area contributed by atoms with Crippen LogP contribution < -0.4 is 0 Å². The molecule has 0 bridgehead atoms. The second kappa shape index (κ2) is 6.58. The van der Waals surface area contributed by atoms with Crippen molar-refractivity contribution in [1.29, 1.82) is 5.53 Å². The molecule has 0 saturated heterocycles. The van der Waals surface area contributed by atoms with E-state index in [1.54, 1.807) is 6.92 Å². The van der Waals surface area contributed by atoms with Gasteiger partial charge in [0, 0.05) is 0 Å². The van der Waals surface area contributed by atoms with Crippen LogP contribution in [0.3, 0.4) is 0 Å². The first-order valence-corrected chi connectivity index (χ1v) is 5.38. The molecule has 1 aromatic carbocycles. The zero-order valence-corrected chi connectivity index (χ0v) is 9.85. The number of nitrogens with one attached hydrogen (secondary N) is 1. The van der Waals surface area contributed by atoms with Crippen LogP contribution in [0.4, 0.5) is 4.39 Å². The number of hydrogen-bond donors (Lipinski definition) is 1. The first-order chi connectivity index (χ1) is 8.58. The summed E-state index contributed by atoms with van der Waals surface area (Å²) in [4.78, 5) is 22.9. The van der Waals surface area contributed by atoms with Crippen LogP contribution in [0.5, 0.6) is 0 Å². The Bertz CT molecular complexity index is 445. The summed E-state index contributed by atoms with van der Waals surface area (Å²) in [5.41, 5.74) is 7.36. The fourth-order valence-electron chi connectivity index (χ4n) is 1.43. The van der Waals surface area contributed by atoms with Gasteiger partial charge in [0.25, 0.3) is 0 Å². The van der Waals surface area contributed by atoms with Gasteiger partial charge in [0.05, 0.1) is 6.61 Å². The molecule has 0 aliphatic carbocycles. The molecule has 0 heterocycles. The Balaban J connectivity index is 2.77. The zero-order valence-electron chi connectivity index (χ0n) is 9.85. The maximum atomic E-state index is 12.7. The van der Waals surface area contributed by atoms with Crippen molar-refractivity contribution in [3.8, 4) is 0 Å². The number of carbonyl (C=O) groups excluding carboxylic acids is 2. The summed E-state index contributed by atoms with van der Waals surface area (Å²) < 4.78 is 17.4. The van der Waals surface area contributed by atoms with Crippen LogP contribution in [-0.4, -0.2) is 18.4 Å². The fourth-order valence-corrected chi connectivity index (χ4v) is 1.43. The SMILES string of the molecule is CCOC(=O)CC(=O)C(N=N)c1ccc(F)cc1. The van der Waals surface area contributed by atoms with E-state index in [1.165, 1.54) is 24.3 Å². The van der Waals surface area contributed by atoms with Crippen molar-refractivity contribution in [3.63, 3.8) is 0 Å². The number of esters is 1. The van der Waals surface area contributed by atoms with E-state index in [-0.39, 0.29) is 6.61 Å². The molecule has 6 heteroatoms. The second-order valence-electron chi connectivity index (χ2n) is 3.53. The Kier molecular flexibility index (Phi) is 5.10. The van der Waals surface area contributed by atoms with Gasteiger partial charge in [-0.1, -0.05) is 12.1 Å². The van der Waals surface area contributed by atoms with Gasteiger partial charge in [-0.2, -0.15) is 5.11 Å². The number of nitrogens with zero attached hydrogens (tertiary/aromatic N) is 1. The van der Waals surface area contributed by atoms with E-state index in [0.717, 1.165) is 0 Å². The molecule has 0 aromatic heterocycles. The van der Waals surface area contributed by atoms with Gasteiger partial charge in [0.15, 0.2) is 11.8 Å². The van der Waals surface area contributed by atoms with Crippen molar-refractivity contribution in [1.82, 2.24) is 0 Å². The van der Waals surface area contributed by atoms with E-state index >= 15 is 0 Å². The molecule has 18 heavy (non-hydrogen) atoms. The van der Waals surface area contributed by atoms with Crippen molar-refractivity contribution in [2.75, 3.05) is 6.61 Å². The Labute approximate surface area is 103 Å². The van der Waals surface area contributed by atoms with Gasteiger partial charge in [-0.15, -0.1) is 0 Å². The summed E-state index contributed by atoms with van der Waals surface area (Å²) in [6.45, 7) is 1.82. The van der Waals surface area contributed by atoms with Crippen molar-refractivity contribution in [2.45, 2.75) is 19.4 Å². The third-order valence-corrected chi connectivity index (χ3v) is 2.24. The molecule has 5 nitrogen and oxygen atoms in total. The largest absolute Gasteiger partial charge is 0.466 e. The number of rotatable bonds is 6. The van der Waals surface area contributed by atoms with Gasteiger partial charge in [-0.05, 0) is 24.6 Å². The molecule has 0 spiro atoms. The maximum Gasteiger partial charge on any atom is 0.313 e. The summed E-state index contributed by atoms with van der Waals surface area (Å²) in [6.07, 6.45) is -0.446. The third kappa shape index (κ3) is 3.73. The normalized spacial score (nSPS) is 11.7. The van der Waals surface area contributed by atoms with Crippen LogP contribution in [-0.2, 0) is 14.3 Å². The highest BCUT2D eigenvalue weighted by Crippen LogP contribution is 2.20. The number of benzene rings is 1. The average molecular weight is 252 g/mol. The van der Waals surface area contributed by atoms with E-state index in [4.69, 9.17) is 5.53 Å². The van der Waals surface area contributed by atoms with Gasteiger partial charge < -0.3 is 4.74 Å². The monoisotopic (exact) mass is 252 g/mol. The summed E-state index contributed by atoms with van der Waals surface area (Å²) in [5.74, 6) is -1.64. The maximum absolute atomic E-state index is 12.7. The topological polar surface area (TPSA) is 79.6 Å². The molecule has 0 amide bonds. The number of ketones is 1. The molecule has 0 saturated carbocycles. The lowest BCUT2D eigenvalue weighted by Gasteiger charge is -2.09. The standard InChI is InChI=1S/C12H13FN2O3/c1-2-18-11(17)7-10(16)12(15-14)8-3-5-9(13)6-4-8/h3-6,12,14H,2,7H2,1H3. The Morgan fingerprint density at radius 2 is 2.00 bits per heavy atom. The van der Waals surface area contributed by atoms with E-state index < -0.39 is 30.0 Å². The Hall–Kier alpha value is -2.11. The lowest BCUT2D eigenvalue weighted by molar-refractivity contribution is -0.145. The summed E-state index contributed by atoms with van der Waals surface area (Å²) in [5, 5.41) is 3.17. The molecule has 1 aromatic rings. The fraction of sp³-hybridized carbons (Fsp3) is 0.333. The number of hydrogen-bond acceptors (Lipinski definition) is 5. The molecule has 0 radical (unpaired) electrons. The van der Waals surface area contributed by atoms with Gasteiger partial charge in [0.2, 0.25) is 0 Å². The highest BCUT2D eigenvalue weighted by atomic mass is 19.1. The smallest absolute Gasteiger partial charge is 0.313 e. The molecule has 1 N–H and O–H groups in total. The molecule has 1 unspecified atom stereocenters. The van der Waals surface area contributed by atoms with Crippen molar-refractivity contribution in [3.05, 3.63) is 35.6 Å². The lowest BCUT2D eigenvalue weighted by Crippen LogP contribution is -2.16. The molecular weight excluding hydrogens is 239 g/mol. The van der Waals surface area contributed by atoms with E-state index in [9.17, 15) is 14.0 Å². The van der Waals surface area contributed by atoms with Gasteiger partial charge >= 0.3 is 5.97 Å². The average Bonchev–Trinajstić information content (AvgIpc) is 2.32. The van der Waals surface area contributed by atoms with Crippen LogP contribution in [0.2, 0.25) is 0 Å². The van der Waals surface area contributed by atoms with Crippen LogP contribution in [0.15, 0.2) is 29.4 Å². The molecule has 0 aliphatic rings. The summed E-state index contributed by atoms with van der Waals surface area (Å²) >= 11 is 0. The highest BCUT2D eigenvalue weighted by molar-refractivity contribution is 5.98. The molecule has 0 aliphatic heterocycles. The van der Waals surface area contributed by atoms with Crippen LogP contribution in [0.25, 0.3) is 0 Å². The number of carbonyl (C=O) groups is 2. The minimum Gasteiger partial charge on any atom is -0.466 e. The number of ether oxygens (including phenoxy) is 1. The summed E-state index contributed by atoms with van der Waals surface area (Å²) in [7, 11) is 0. The molecule has 0 fully saturated rings. The molecule has 96 valence electrons. The lowest BCUT2D eigenvalue weighted by atomic mass is 10.0. The first-order valence-electron chi connectivity index (χ1n) is 5.38. The minimum atomic E-state index is -1.09. The predicted molar refractivity (Wildman–Crippen MR) is 60.5 cm³/mol. The van der Waals surface area contributed by atoms with E-state index in [0.29, 0.717) is 5.56 Å². The summed E-state index contributed by atoms with van der Waals surface area (Å²) in [6, 6.07) is 3.98. The van der Waals surface area contributed by atoms with Crippen molar-refractivity contribution < 1.29 is 18.7 Å². The minimum absolute atomic E-state index is 0.186. The van der Waals surface area contributed by atoms with Gasteiger partial charge in [-0.25, -0.2) is 9.92 Å². The Morgan fingerprint density at radius 3 is 2.50 bits per heavy atom. The van der Waals surface area contributed by atoms with Crippen molar-refractivity contribution >= 4 is 11.8 Å². The van der Waals surface area contributed by atoms with Gasteiger partial charge in [-0.3, -0.25) is 9.59 Å². The van der Waals surface area contributed by atoms with E-state index in [1.807, 2.05) is 0 Å². The Morgan fingerprint density at radius 1 is 1.39 bits per heavy atom. The van der Waals surface area contributed by atoms with Crippen LogP contribution in [0, 0.1) is 11.3 Å². The van der Waals surface area contributed by atoms with Crippen LogP contribution in [0.1, 0.15) is 24.9 Å². The highest BCUT2D eigenvalue weighted by Gasteiger charge is 2.22. The van der Waals surface area contributed by atoms with Crippen LogP contribution >= 0.6 is 0 Å².